The number of rotatable bonds is 13. The third-order valence-corrected chi connectivity index (χ3v) is 20.1. The number of nitrogens with zero attached hydrogens (tertiary/aromatic N) is 8. The highest BCUT2D eigenvalue weighted by Gasteiger charge is 2.56. The van der Waals surface area contributed by atoms with E-state index in [0.29, 0.717) is 117 Å². The number of aryl methyl sites for hydroxylation is 1. The molecule has 5 aromatic rings. The van der Waals surface area contributed by atoms with Gasteiger partial charge in [-0.15, -0.1) is 0 Å². The van der Waals surface area contributed by atoms with Gasteiger partial charge in [-0.25, -0.2) is 14.4 Å². The fourth-order valence-corrected chi connectivity index (χ4v) is 15.2. The van der Waals surface area contributed by atoms with Crippen molar-refractivity contribution in [3.05, 3.63) is 94.6 Å². The number of anilines is 4. The number of likely N-dealkylation sites (tertiary alicyclic amines) is 3. The molecule has 8 heterocycles. The molecule has 3 aromatic carbocycles. The Morgan fingerprint density at radius 1 is 0.759 bits per heavy atom. The normalized spacial score (nSPS) is 24.7. The Bertz CT molecular complexity index is 3660. The Morgan fingerprint density at radius 3 is 2.23 bits per heavy atom. The summed E-state index contributed by atoms with van der Waals surface area (Å²) in [5.41, 5.74) is 5.54. The van der Waals surface area contributed by atoms with E-state index >= 15 is 9.18 Å². The third-order valence-electron chi connectivity index (χ3n) is 20.1. The van der Waals surface area contributed by atoms with Gasteiger partial charge in [-0.1, -0.05) is 24.6 Å². The van der Waals surface area contributed by atoms with Gasteiger partial charge in [0.15, 0.2) is 5.82 Å². The van der Waals surface area contributed by atoms with Gasteiger partial charge in [0.1, 0.15) is 17.4 Å². The zero-order valence-corrected chi connectivity index (χ0v) is 50.3. The lowest BCUT2D eigenvalue weighted by Crippen LogP contribution is -2.58. The number of imide groups is 2. The minimum absolute atomic E-state index is 0.00219. The first-order valence-corrected chi connectivity index (χ1v) is 31.5. The van der Waals surface area contributed by atoms with Crippen LogP contribution in [0, 0.1) is 24.6 Å². The summed E-state index contributed by atoms with van der Waals surface area (Å²) in [6.07, 6.45) is 11.3. The Morgan fingerprint density at radius 2 is 1.51 bits per heavy atom. The van der Waals surface area contributed by atoms with Crippen molar-refractivity contribution < 1.29 is 42.7 Å². The second kappa shape index (κ2) is 22.9. The quantitative estimate of drug-likeness (QED) is 0.0817. The minimum atomic E-state index is -1.06. The number of imidazole rings is 1. The Hall–Kier alpha value is -8.07. The van der Waals surface area contributed by atoms with Gasteiger partial charge in [0.2, 0.25) is 29.5 Å². The Kier molecular flexibility index (Phi) is 15.3. The highest BCUT2D eigenvalue weighted by molar-refractivity contribution is 6.25. The summed E-state index contributed by atoms with van der Waals surface area (Å²) in [5, 5.41) is 11.9. The maximum Gasteiger partial charge on any atom is 0.264 e. The van der Waals surface area contributed by atoms with Crippen molar-refractivity contribution in [2.24, 2.45) is 11.8 Å². The predicted octanol–water partition coefficient (Wildman–Crippen LogP) is 8.15. The van der Waals surface area contributed by atoms with Gasteiger partial charge in [0.05, 0.1) is 45.7 Å². The topological polar surface area (TPSA) is 232 Å². The number of halogens is 1. The number of nitrogens with one attached hydrogen (secondary N) is 4. The molecule has 13 rings (SSSR count). The van der Waals surface area contributed by atoms with Gasteiger partial charge < -0.3 is 40.1 Å². The number of amides is 8. The second-order valence-corrected chi connectivity index (χ2v) is 26.2. The van der Waals surface area contributed by atoms with E-state index in [2.05, 4.69) is 43.2 Å². The molecule has 4 N–H and O–H groups in total. The van der Waals surface area contributed by atoms with Gasteiger partial charge >= 0.3 is 0 Å². The van der Waals surface area contributed by atoms with Crippen molar-refractivity contribution in [1.82, 2.24) is 44.8 Å². The van der Waals surface area contributed by atoms with Crippen LogP contribution in [0.2, 0.25) is 0 Å². The Labute approximate surface area is 505 Å². The molecule has 4 saturated heterocycles. The largest absolute Gasteiger partial charge is 0.382 e. The molecule has 2 saturated carbocycles. The molecule has 8 aliphatic rings. The SMILES string of the molecule is Cc1cc(F)c(Nc2nc(-c3ccc4c(c3)N(C3CC(N5CCCCC5)C3)C(=O)C43CCN(C(=O)C4CCN(C(=O)C5CCC(Nc6cccc7c6C(=O)N(C6CCC(=O)NC6=O)C7=O)CC5)C4)CC3)cc3ncn(C(C)C)c23)cc1C(=O)NC(C)C. The second-order valence-electron chi connectivity index (χ2n) is 26.2. The number of aromatic nitrogens is 3. The highest BCUT2D eigenvalue weighted by Crippen LogP contribution is 2.53. The summed E-state index contributed by atoms with van der Waals surface area (Å²) in [7, 11) is 0. The van der Waals surface area contributed by atoms with E-state index in [1.54, 1.807) is 31.5 Å². The lowest BCUT2D eigenvalue weighted by molar-refractivity contribution is -0.140. The molecule has 0 bridgehead atoms. The van der Waals surface area contributed by atoms with Crippen LogP contribution in [0.15, 0.2) is 60.9 Å². The summed E-state index contributed by atoms with van der Waals surface area (Å²) in [5.74, 6) is -3.12. The van der Waals surface area contributed by atoms with Crippen LogP contribution in [-0.4, -0.2) is 151 Å². The highest BCUT2D eigenvalue weighted by atomic mass is 19.1. The number of piperidine rings is 3. The number of hydrogen-bond donors (Lipinski definition) is 4. The molecule has 0 radical (unpaired) electrons. The van der Waals surface area contributed by atoms with E-state index in [1.165, 1.54) is 31.4 Å². The number of fused-ring (bicyclic) bond motifs is 4. The zero-order chi connectivity index (χ0) is 60.7. The Balaban J connectivity index is 0.691. The van der Waals surface area contributed by atoms with E-state index in [9.17, 15) is 33.6 Å². The van der Waals surface area contributed by atoms with Crippen molar-refractivity contribution >= 4 is 81.2 Å². The first kappa shape index (κ1) is 58.0. The van der Waals surface area contributed by atoms with Crippen LogP contribution in [0.1, 0.15) is 166 Å². The van der Waals surface area contributed by atoms with Crippen LogP contribution in [0.25, 0.3) is 22.3 Å². The fraction of sp³-hybridized carbons (Fsp3) is 0.515. The third kappa shape index (κ3) is 10.4. The van der Waals surface area contributed by atoms with E-state index in [0.717, 1.165) is 47.6 Å². The van der Waals surface area contributed by atoms with Gasteiger partial charge in [-0.05, 0) is 172 Å². The van der Waals surface area contributed by atoms with E-state index in [4.69, 9.17) is 9.97 Å². The molecule has 1 spiro atoms. The molecular weight excluding hydrogens is 1110 g/mol. The van der Waals surface area contributed by atoms with Crippen molar-refractivity contribution in [2.45, 2.75) is 166 Å². The van der Waals surface area contributed by atoms with Crippen molar-refractivity contribution in [1.29, 1.82) is 0 Å². The van der Waals surface area contributed by atoms with Crippen LogP contribution >= 0.6 is 0 Å². The van der Waals surface area contributed by atoms with E-state index in [-0.39, 0.29) is 89.3 Å². The fourth-order valence-electron chi connectivity index (χ4n) is 15.2. The van der Waals surface area contributed by atoms with Gasteiger partial charge in [0, 0.05) is 91.2 Å². The minimum Gasteiger partial charge on any atom is -0.382 e. The van der Waals surface area contributed by atoms with Gasteiger partial charge in [-0.3, -0.25) is 48.6 Å². The molecular formula is C66H77FN12O8. The molecule has 2 aliphatic carbocycles. The lowest BCUT2D eigenvalue weighted by atomic mass is 9.73. The molecule has 2 aromatic heterocycles. The van der Waals surface area contributed by atoms with Crippen LogP contribution < -0.4 is 26.2 Å². The van der Waals surface area contributed by atoms with Gasteiger partial charge in [-0.2, -0.15) is 0 Å². The van der Waals surface area contributed by atoms with Crippen LogP contribution in [0.5, 0.6) is 0 Å². The number of carbonyl (C=O) groups excluding carboxylic acids is 8. The van der Waals surface area contributed by atoms with Crippen molar-refractivity contribution in [3.63, 3.8) is 0 Å². The summed E-state index contributed by atoms with van der Waals surface area (Å²) in [6, 6.07) is 15.2. The van der Waals surface area contributed by atoms with Crippen molar-refractivity contribution in [3.8, 4) is 11.3 Å². The monoisotopic (exact) mass is 1180 g/mol. The van der Waals surface area contributed by atoms with Crippen LogP contribution in [0.3, 0.4) is 0 Å². The van der Waals surface area contributed by atoms with Crippen LogP contribution in [-0.2, 0) is 29.4 Å². The molecule has 6 aliphatic heterocycles. The lowest BCUT2D eigenvalue weighted by Gasteiger charge is -2.48. The average Bonchev–Trinajstić information content (AvgIpc) is 1.58. The molecule has 87 heavy (non-hydrogen) atoms. The van der Waals surface area contributed by atoms with Crippen molar-refractivity contribution in [2.75, 3.05) is 54.8 Å². The maximum atomic E-state index is 16.0. The average molecular weight is 1190 g/mol. The maximum absolute atomic E-state index is 16.0. The van der Waals surface area contributed by atoms with Crippen LogP contribution in [0.4, 0.5) is 27.3 Å². The molecule has 20 nitrogen and oxygen atoms in total. The first-order valence-electron chi connectivity index (χ1n) is 31.5. The number of hydrogen-bond acceptors (Lipinski definition) is 13. The van der Waals surface area contributed by atoms with E-state index < -0.39 is 40.9 Å². The molecule has 2 atom stereocenters. The molecule has 8 amide bonds. The summed E-state index contributed by atoms with van der Waals surface area (Å²) < 4.78 is 18.0. The molecule has 456 valence electrons. The smallest absolute Gasteiger partial charge is 0.264 e. The van der Waals surface area contributed by atoms with E-state index in [1.807, 2.05) is 54.2 Å². The molecule has 2 unspecified atom stereocenters. The predicted molar refractivity (Wildman–Crippen MR) is 325 cm³/mol. The number of pyridine rings is 1. The van der Waals surface area contributed by atoms with Gasteiger partial charge in [0.25, 0.3) is 17.7 Å². The standard InChI is InChI=1S/C66H77FN12O8/c1-36(2)69-59(81)46-32-51(48(67)28-38(46)5)72-58-57-52(68-35-77(57)37(3)4)33-50(71-58)40-14-17-47-54(29-40)78(44-30-43(31-44)74-23-7-6-8-24-74)65(87)66(47)21-26-75(27-22-66)62(84)41-20-25-76(34-41)61(83)39-12-15-42(16-13-39)70-49-11-9-10-45-56(49)64(86)79(63(45)85)53-18-19-55(80)73-60(53)82/h9-11,14,17,28-29,32-33,35-37,39,41-44,53,70H,6-8,12-13,15-16,18-27,30-31,34H2,1-5H3,(H,69,81)(H,71,72)(H,73,80,82). The first-order chi connectivity index (χ1) is 41.8. The molecule has 21 heteroatoms. The summed E-state index contributed by atoms with van der Waals surface area (Å²) in [6.45, 7) is 13.3. The number of carbonyl (C=O) groups is 8. The zero-order valence-electron chi connectivity index (χ0n) is 50.3. The summed E-state index contributed by atoms with van der Waals surface area (Å²) >= 11 is 0. The number of benzene rings is 3. The molecule has 6 fully saturated rings. The summed E-state index contributed by atoms with van der Waals surface area (Å²) in [4.78, 5) is 128.